The largest absolute Gasteiger partial charge is 0.0803 e. The first-order valence-electron chi connectivity index (χ1n) is 5.88. The molecule has 0 aliphatic rings. The highest BCUT2D eigenvalue weighted by Gasteiger charge is 2.22. The molecule has 0 aliphatic heterocycles. The summed E-state index contributed by atoms with van der Waals surface area (Å²) in [6.45, 7) is 14.4. The van der Waals surface area contributed by atoms with Gasteiger partial charge in [0.25, 0.3) is 0 Å². The van der Waals surface area contributed by atoms with Crippen molar-refractivity contribution in [1.29, 1.82) is 0 Å². The Morgan fingerprint density at radius 1 is 0.800 bits per heavy atom. The van der Waals surface area contributed by atoms with Crippen molar-refractivity contribution in [3.05, 3.63) is 24.3 Å². The Hall–Kier alpha value is -0.346. The van der Waals surface area contributed by atoms with E-state index in [2.05, 4.69) is 63.9 Å². The molecular formula is C13H24Si2. The highest BCUT2D eigenvalue weighted by atomic mass is 28.3. The van der Waals surface area contributed by atoms with Gasteiger partial charge in [0.15, 0.2) is 0 Å². The molecule has 1 aromatic rings. The van der Waals surface area contributed by atoms with Gasteiger partial charge in [-0.25, -0.2) is 0 Å². The summed E-state index contributed by atoms with van der Waals surface area (Å²) in [5.41, 5.74) is 0. The minimum absolute atomic E-state index is 1.11. The summed E-state index contributed by atoms with van der Waals surface area (Å²) in [7, 11) is -2.23. The monoisotopic (exact) mass is 236 g/mol. The minimum Gasteiger partial charge on any atom is -0.0675 e. The predicted octanol–water partition coefficient (Wildman–Crippen LogP) is 3.17. The maximum absolute atomic E-state index is 2.45. The van der Waals surface area contributed by atoms with Gasteiger partial charge in [0.2, 0.25) is 0 Å². The van der Waals surface area contributed by atoms with E-state index < -0.39 is 16.1 Å². The fourth-order valence-corrected chi connectivity index (χ4v) is 4.27. The molecule has 84 valence electrons. The second-order valence-corrected chi connectivity index (χ2v) is 16.2. The Labute approximate surface area is 96.7 Å². The van der Waals surface area contributed by atoms with E-state index in [1.807, 2.05) is 0 Å². The Morgan fingerprint density at radius 2 is 1.20 bits per heavy atom. The van der Waals surface area contributed by atoms with Gasteiger partial charge in [0.1, 0.15) is 0 Å². The molecule has 0 amide bonds. The van der Waals surface area contributed by atoms with Crippen LogP contribution < -0.4 is 10.4 Å². The number of hydrogen-bond acceptors (Lipinski definition) is 0. The molecular weight excluding hydrogens is 212 g/mol. The van der Waals surface area contributed by atoms with Crippen LogP contribution in [0.15, 0.2) is 24.3 Å². The molecule has 1 rings (SSSR count). The molecule has 0 radical (unpaired) electrons. The van der Waals surface area contributed by atoms with Crippen molar-refractivity contribution in [3.63, 3.8) is 0 Å². The summed E-state index contributed by atoms with van der Waals surface area (Å²) in [4.78, 5) is 0. The number of rotatable bonds is 3. The van der Waals surface area contributed by atoms with Crippen LogP contribution in [0.1, 0.15) is 6.92 Å². The van der Waals surface area contributed by atoms with Crippen LogP contribution in [0.2, 0.25) is 38.8 Å². The van der Waals surface area contributed by atoms with Crippen LogP contribution in [0, 0.1) is 0 Å². The van der Waals surface area contributed by atoms with E-state index in [0.29, 0.717) is 0 Å². The molecule has 0 aliphatic carbocycles. The van der Waals surface area contributed by atoms with Gasteiger partial charge in [-0.15, -0.1) is 0 Å². The van der Waals surface area contributed by atoms with E-state index >= 15 is 0 Å². The first kappa shape index (κ1) is 12.7. The van der Waals surface area contributed by atoms with Crippen LogP contribution in [0.5, 0.6) is 0 Å². The van der Waals surface area contributed by atoms with Gasteiger partial charge in [-0.05, 0) is 0 Å². The molecule has 0 saturated carbocycles. The quantitative estimate of drug-likeness (QED) is 0.707. The molecule has 0 spiro atoms. The molecule has 0 atom stereocenters. The Morgan fingerprint density at radius 3 is 1.53 bits per heavy atom. The van der Waals surface area contributed by atoms with Crippen LogP contribution in [0.4, 0.5) is 0 Å². The van der Waals surface area contributed by atoms with Crippen LogP contribution in [-0.2, 0) is 0 Å². The lowest BCUT2D eigenvalue weighted by atomic mass is 10.4. The van der Waals surface area contributed by atoms with E-state index in [0.717, 1.165) is 0 Å². The molecule has 0 bridgehead atoms. The maximum atomic E-state index is 2.45. The molecule has 15 heavy (non-hydrogen) atoms. The second kappa shape index (κ2) is 4.26. The molecule has 0 unspecified atom stereocenters. The van der Waals surface area contributed by atoms with Gasteiger partial charge in [-0.3, -0.25) is 0 Å². The molecule has 0 heterocycles. The molecule has 0 nitrogen and oxygen atoms in total. The van der Waals surface area contributed by atoms with Gasteiger partial charge in [0, 0.05) is 0 Å². The first-order valence-corrected chi connectivity index (χ1v) is 12.6. The number of benzene rings is 1. The maximum Gasteiger partial charge on any atom is 0.0803 e. The SMILES string of the molecule is CC[Si](C)(C)c1ccc([Si](C)(C)C)cc1. The summed E-state index contributed by atoms with van der Waals surface area (Å²) < 4.78 is 0. The van der Waals surface area contributed by atoms with E-state index in [1.54, 1.807) is 10.4 Å². The topological polar surface area (TPSA) is 0 Å². The summed E-state index contributed by atoms with van der Waals surface area (Å²) in [6.07, 6.45) is 0. The smallest absolute Gasteiger partial charge is 0.0675 e. The minimum atomic E-state index is -1.12. The van der Waals surface area contributed by atoms with Crippen LogP contribution in [0.25, 0.3) is 0 Å². The molecule has 0 aromatic heterocycles. The van der Waals surface area contributed by atoms with E-state index in [4.69, 9.17) is 0 Å². The summed E-state index contributed by atoms with van der Waals surface area (Å²) >= 11 is 0. The lowest BCUT2D eigenvalue weighted by Crippen LogP contribution is -2.43. The van der Waals surface area contributed by atoms with Crippen molar-refractivity contribution in [1.82, 2.24) is 0 Å². The van der Waals surface area contributed by atoms with E-state index in [1.165, 1.54) is 6.04 Å². The van der Waals surface area contributed by atoms with Crippen molar-refractivity contribution < 1.29 is 0 Å². The first-order chi connectivity index (χ1) is 6.77. The zero-order valence-electron chi connectivity index (χ0n) is 11.0. The zero-order chi connectivity index (χ0) is 11.7. The van der Waals surface area contributed by atoms with Crippen molar-refractivity contribution in [2.45, 2.75) is 45.7 Å². The van der Waals surface area contributed by atoms with Gasteiger partial charge in [-0.2, -0.15) is 0 Å². The van der Waals surface area contributed by atoms with Crippen LogP contribution in [0.3, 0.4) is 0 Å². The van der Waals surface area contributed by atoms with Crippen molar-refractivity contribution in [3.8, 4) is 0 Å². The van der Waals surface area contributed by atoms with Crippen molar-refractivity contribution >= 4 is 26.5 Å². The molecule has 0 saturated heterocycles. The lowest BCUT2D eigenvalue weighted by molar-refractivity contribution is 1.37. The fraction of sp³-hybridized carbons (Fsp3) is 0.538. The van der Waals surface area contributed by atoms with Gasteiger partial charge < -0.3 is 0 Å². The normalized spacial score (nSPS) is 12.9. The lowest BCUT2D eigenvalue weighted by Gasteiger charge is -2.23. The zero-order valence-corrected chi connectivity index (χ0v) is 13.0. The van der Waals surface area contributed by atoms with E-state index in [9.17, 15) is 0 Å². The van der Waals surface area contributed by atoms with Crippen LogP contribution in [-0.4, -0.2) is 16.1 Å². The highest BCUT2D eigenvalue weighted by molar-refractivity contribution is 6.90. The Bertz CT molecular complexity index is 317. The summed E-state index contributed by atoms with van der Waals surface area (Å²) in [5.74, 6) is 0. The average Bonchev–Trinajstić information content (AvgIpc) is 2.17. The van der Waals surface area contributed by atoms with Gasteiger partial charge >= 0.3 is 0 Å². The third-order valence-electron chi connectivity index (χ3n) is 3.42. The van der Waals surface area contributed by atoms with Gasteiger partial charge in [0.05, 0.1) is 16.1 Å². The second-order valence-electron chi connectivity index (χ2n) is 6.06. The molecule has 1 aromatic carbocycles. The van der Waals surface area contributed by atoms with Crippen molar-refractivity contribution in [2.75, 3.05) is 0 Å². The molecule has 2 heteroatoms. The molecule has 0 N–H and O–H groups in total. The number of hydrogen-bond donors (Lipinski definition) is 0. The Balaban J connectivity index is 3.01. The fourth-order valence-electron chi connectivity index (χ4n) is 1.63. The summed E-state index contributed by atoms with van der Waals surface area (Å²) in [6, 6.07) is 10.8. The van der Waals surface area contributed by atoms with E-state index in [-0.39, 0.29) is 0 Å². The average molecular weight is 237 g/mol. The predicted molar refractivity (Wildman–Crippen MR) is 77.0 cm³/mol. The third kappa shape index (κ3) is 3.05. The third-order valence-corrected chi connectivity index (χ3v) is 9.15. The standard InChI is InChI=1S/C13H24Si2/c1-7-15(5,6)13-10-8-12(9-11-13)14(2,3)4/h8-11H,7H2,1-6H3. The molecule has 0 fully saturated rings. The summed E-state index contributed by atoms with van der Waals surface area (Å²) in [5, 5.41) is 3.18. The van der Waals surface area contributed by atoms with Crippen LogP contribution >= 0.6 is 0 Å². The highest BCUT2D eigenvalue weighted by Crippen LogP contribution is 2.09. The van der Waals surface area contributed by atoms with Crippen molar-refractivity contribution in [2.24, 2.45) is 0 Å². The Kier molecular flexibility index (Phi) is 3.61. The van der Waals surface area contributed by atoms with Gasteiger partial charge in [-0.1, -0.05) is 80.3 Å².